The summed E-state index contributed by atoms with van der Waals surface area (Å²) in [5, 5.41) is 3.80. The number of carbonyl (C=O) groups is 1. The van der Waals surface area contributed by atoms with Crippen LogP contribution >= 0.6 is 15.9 Å². The number of nitrogens with one attached hydrogen (secondary N) is 1. The van der Waals surface area contributed by atoms with E-state index in [4.69, 9.17) is 9.15 Å². The lowest BCUT2D eigenvalue weighted by molar-refractivity contribution is -0.115. The Morgan fingerprint density at radius 1 is 1.27 bits per heavy atom. The van der Waals surface area contributed by atoms with E-state index in [9.17, 15) is 4.79 Å². The van der Waals surface area contributed by atoms with Crippen molar-refractivity contribution in [3.8, 4) is 5.75 Å². The molecule has 0 aliphatic rings. The summed E-state index contributed by atoms with van der Waals surface area (Å²) in [5.74, 6) is 0.636. The number of carbonyl (C=O) groups excluding carboxylic acids is 1. The van der Waals surface area contributed by atoms with Crippen LogP contribution in [-0.4, -0.2) is 13.0 Å². The maximum absolute atomic E-state index is 12.2. The van der Waals surface area contributed by atoms with Crippen molar-refractivity contribution in [2.75, 3.05) is 12.4 Å². The number of halogens is 1. The molecule has 112 valence electrons. The van der Waals surface area contributed by atoms with Crippen molar-refractivity contribution in [3.05, 3.63) is 58.8 Å². The summed E-state index contributed by atoms with van der Waals surface area (Å²) in [7, 11) is 1.61. The SMILES string of the molecule is COc1ccc2c(CC(=O)Nc3ccccc3Br)coc2c1. The lowest BCUT2D eigenvalue weighted by Crippen LogP contribution is -2.14. The second kappa shape index (κ2) is 6.23. The van der Waals surface area contributed by atoms with E-state index >= 15 is 0 Å². The van der Waals surface area contributed by atoms with Gasteiger partial charge in [0.1, 0.15) is 11.3 Å². The van der Waals surface area contributed by atoms with Crippen molar-refractivity contribution in [1.29, 1.82) is 0 Å². The zero-order chi connectivity index (χ0) is 15.5. The van der Waals surface area contributed by atoms with Crippen LogP contribution in [0.25, 0.3) is 11.0 Å². The number of hydrogen-bond donors (Lipinski definition) is 1. The highest BCUT2D eigenvalue weighted by Gasteiger charge is 2.12. The molecule has 0 aliphatic carbocycles. The first-order valence-corrected chi connectivity index (χ1v) is 7.55. The van der Waals surface area contributed by atoms with Gasteiger partial charge in [-0.15, -0.1) is 0 Å². The second-order valence-corrected chi connectivity index (χ2v) is 5.68. The zero-order valence-corrected chi connectivity index (χ0v) is 13.5. The molecule has 0 spiro atoms. The highest BCUT2D eigenvalue weighted by molar-refractivity contribution is 9.10. The van der Waals surface area contributed by atoms with E-state index in [1.165, 1.54) is 0 Å². The summed E-state index contributed by atoms with van der Waals surface area (Å²) < 4.78 is 11.5. The molecule has 0 bridgehead atoms. The number of ether oxygens (including phenoxy) is 1. The molecule has 1 heterocycles. The maximum atomic E-state index is 12.2. The minimum Gasteiger partial charge on any atom is -0.497 e. The lowest BCUT2D eigenvalue weighted by atomic mass is 10.1. The first-order chi connectivity index (χ1) is 10.7. The average Bonchev–Trinajstić information content (AvgIpc) is 2.91. The normalized spacial score (nSPS) is 10.6. The van der Waals surface area contributed by atoms with Crippen LogP contribution in [0.4, 0.5) is 5.69 Å². The van der Waals surface area contributed by atoms with Gasteiger partial charge >= 0.3 is 0 Å². The van der Waals surface area contributed by atoms with Gasteiger partial charge < -0.3 is 14.5 Å². The third kappa shape index (κ3) is 2.99. The molecule has 1 amide bonds. The number of para-hydroxylation sites is 1. The van der Waals surface area contributed by atoms with Crippen molar-refractivity contribution in [3.63, 3.8) is 0 Å². The molecule has 0 saturated carbocycles. The lowest BCUT2D eigenvalue weighted by Gasteiger charge is -2.06. The number of hydrogen-bond acceptors (Lipinski definition) is 3. The number of fused-ring (bicyclic) bond motifs is 1. The quantitative estimate of drug-likeness (QED) is 0.751. The Kier molecular flexibility index (Phi) is 4.15. The van der Waals surface area contributed by atoms with Crippen LogP contribution in [0.15, 0.2) is 57.6 Å². The molecule has 1 aromatic heterocycles. The molecule has 2 aromatic carbocycles. The largest absolute Gasteiger partial charge is 0.497 e. The number of anilines is 1. The number of amides is 1. The average molecular weight is 360 g/mol. The number of furan rings is 1. The van der Waals surface area contributed by atoms with Crippen molar-refractivity contribution in [2.24, 2.45) is 0 Å². The van der Waals surface area contributed by atoms with Gasteiger partial charge in [-0.3, -0.25) is 4.79 Å². The van der Waals surface area contributed by atoms with Crippen LogP contribution in [0.1, 0.15) is 5.56 Å². The third-order valence-corrected chi connectivity index (χ3v) is 4.05. The highest BCUT2D eigenvalue weighted by Crippen LogP contribution is 2.26. The molecule has 0 unspecified atom stereocenters. The molecule has 1 N–H and O–H groups in total. The van der Waals surface area contributed by atoms with Crippen molar-refractivity contribution >= 4 is 38.5 Å². The predicted octanol–water partition coefficient (Wildman–Crippen LogP) is 4.39. The number of rotatable bonds is 4. The summed E-state index contributed by atoms with van der Waals surface area (Å²) in [5.41, 5.74) is 2.31. The first kappa shape index (κ1) is 14.7. The van der Waals surface area contributed by atoms with E-state index < -0.39 is 0 Å². The molecule has 5 heteroatoms. The van der Waals surface area contributed by atoms with E-state index in [1.807, 2.05) is 42.5 Å². The van der Waals surface area contributed by atoms with Gasteiger partial charge in [0.05, 0.1) is 25.5 Å². The fourth-order valence-electron chi connectivity index (χ4n) is 2.26. The molecule has 22 heavy (non-hydrogen) atoms. The van der Waals surface area contributed by atoms with Gasteiger partial charge in [0.25, 0.3) is 0 Å². The van der Waals surface area contributed by atoms with Crippen LogP contribution in [0.5, 0.6) is 5.75 Å². The molecule has 4 nitrogen and oxygen atoms in total. The molecule has 0 fully saturated rings. The molecule has 3 rings (SSSR count). The van der Waals surface area contributed by atoms with Gasteiger partial charge in [-0.2, -0.15) is 0 Å². The topological polar surface area (TPSA) is 51.5 Å². The summed E-state index contributed by atoms with van der Waals surface area (Å²) in [6.07, 6.45) is 1.87. The molecule has 0 atom stereocenters. The Labute approximate surface area is 136 Å². The molecule has 0 aliphatic heterocycles. The molecule has 0 saturated heterocycles. The van der Waals surface area contributed by atoms with Crippen LogP contribution < -0.4 is 10.1 Å². The summed E-state index contributed by atoms with van der Waals surface area (Å²) >= 11 is 3.41. The van der Waals surface area contributed by atoms with Crippen LogP contribution in [0.2, 0.25) is 0 Å². The number of benzene rings is 2. The van der Waals surface area contributed by atoms with Crippen LogP contribution in [0.3, 0.4) is 0 Å². The fraction of sp³-hybridized carbons (Fsp3) is 0.118. The van der Waals surface area contributed by atoms with E-state index in [0.717, 1.165) is 26.9 Å². The summed E-state index contributed by atoms with van der Waals surface area (Å²) in [6.45, 7) is 0. The molecule has 3 aromatic rings. The van der Waals surface area contributed by atoms with Gasteiger partial charge in [-0.1, -0.05) is 12.1 Å². The summed E-state index contributed by atoms with van der Waals surface area (Å²) in [4.78, 5) is 12.2. The molecular formula is C17H14BrNO3. The monoisotopic (exact) mass is 359 g/mol. The standard InChI is InChI=1S/C17H14BrNO3/c1-21-12-6-7-13-11(10-22-16(13)9-12)8-17(20)19-15-5-3-2-4-14(15)18/h2-7,9-10H,8H2,1H3,(H,19,20). The van der Waals surface area contributed by atoms with Crippen molar-refractivity contribution in [1.82, 2.24) is 0 Å². The Bertz CT molecular complexity index is 826. The fourth-order valence-corrected chi connectivity index (χ4v) is 2.64. The number of methoxy groups -OCH3 is 1. The van der Waals surface area contributed by atoms with Crippen LogP contribution in [-0.2, 0) is 11.2 Å². The minimum absolute atomic E-state index is 0.0922. The van der Waals surface area contributed by atoms with Gasteiger partial charge in [-0.05, 0) is 40.2 Å². The smallest absolute Gasteiger partial charge is 0.228 e. The first-order valence-electron chi connectivity index (χ1n) is 6.76. The summed E-state index contributed by atoms with van der Waals surface area (Å²) in [6, 6.07) is 13.1. The van der Waals surface area contributed by atoms with E-state index in [1.54, 1.807) is 13.4 Å². The van der Waals surface area contributed by atoms with Gasteiger partial charge in [0.15, 0.2) is 0 Å². The van der Waals surface area contributed by atoms with E-state index in [0.29, 0.717) is 5.58 Å². The Morgan fingerprint density at radius 3 is 2.86 bits per heavy atom. The maximum Gasteiger partial charge on any atom is 0.228 e. The molecular weight excluding hydrogens is 346 g/mol. The van der Waals surface area contributed by atoms with Crippen molar-refractivity contribution in [2.45, 2.75) is 6.42 Å². The van der Waals surface area contributed by atoms with E-state index in [2.05, 4.69) is 21.2 Å². The van der Waals surface area contributed by atoms with E-state index in [-0.39, 0.29) is 12.3 Å². The Morgan fingerprint density at radius 2 is 2.09 bits per heavy atom. The Hall–Kier alpha value is -2.27. The third-order valence-electron chi connectivity index (χ3n) is 3.36. The second-order valence-electron chi connectivity index (χ2n) is 4.83. The van der Waals surface area contributed by atoms with Gasteiger partial charge in [0, 0.05) is 21.5 Å². The minimum atomic E-state index is -0.0922. The van der Waals surface area contributed by atoms with Crippen molar-refractivity contribution < 1.29 is 13.9 Å². The highest BCUT2D eigenvalue weighted by atomic mass is 79.9. The Balaban J connectivity index is 1.78. The zero-order valence-electron chi connectivity index (χ0n) is 11.9. The van der Waals surface area contributed by atoms with Crippen LogP contribution in [0, 0.1) is 0 Å². The molecule has 0 radical (unpaired) electrons. The van der Waals surface area contributed by atoms with Gasteiger partial charge in [0.2, 0.25) is 5.91 Å². The van der Waals surface area contributed by atoms with Gasteiger partial charge in [-0.25, -0.2) is 0 Å². The predicted molar refractivity (Wildman–Crippen MR) is 89.2 cm³/mol.